The molecular weight excluding hydrogens is 398 g/mol. The normalized spacial score (nSPS) is 22.5. The van der Waals surface area contributed by atoms with Crippen LogP contribution in [-0.2, 0) is 21.0 Å². The topological polar surface area (TPSA) is 68.5 Å². The van der Waals surface area contributed by atoms with E-state index in [9.17, 15) is 8.42 Å². The summed E-state index contributed by atoms with van der Waals surface area (Å²) >= 11 is 5.98. The molecule has 1 N–H and O–H groups in total. The van der Waals surface area contributed by atoms with Crippen LogP contribution in [0.4, 0.5) is 0 Å². The molecule has 2 aromatic carbocycles. The monoisotopic (exact) mass is 417 g/mol. The first-order valence-corrected chi connectivity index (χ1v) is 11.3. The summed E-state index contributed by atoms with van der Waals surface area (Å²) in [5.41, 5.74) is 1.79. The molecule has 2 unspecified atom stereocenters. The highest BCUT2D eigenvalue weighted by molar-refractivity contribution is 7.91. The molecule has 3 aromatic rings. The van der Waals surface area contributed by atoms with Crippen molar-refractivity contribution in [2.45, 2.75) is 28.7 Å². The third-order valence-electron chi connectivity index (χ3n) is 5.67. The van der Waals surface area contributed by atoms with Gasteiger partial charge in [0, 0.05) is 41.1 Å². The van der Waals surface area contributed by atoms with E-state index in [1.54, 1.807) is 30.3 Å². The lowest BCUT2D eigenvalue weighted by atomic mass is 9.90. The van der Waals surface area contributed by atoms with Gasteiger partial charge < -0.3 is 14.5 Å². The first-order chi connectivity index (χ1) is 13.5. The van der Waals surface area contributed by atoms with Gasteiger partial charge in [0.2, 0.25) is 9.84 Å². The second-order valence-corrected chi connectivity index (χ2v) is 9.76. The summed E-state index contributed by atoms with van der Waals surface area (Å²) in [6.45, 7) is 2.38. The van der Waals surface area contributed by atoms with Crippen LogP contribution < -0.4 is 5.32 Å². The third kappa shape index (κ3) is 2.95. The Hall–Kier alpha value is -1.86. The second kappa shape index (κ2) is 6.88. The zero-order valence-electron chi connectivity index (χ0n) is 15.2. The minimum Gasteiger partial charge on any atom is -0.459 e. The Morgan fingerprint density at radius 3 is 2.75 bits per heavy atom. The molecule has 7 heteroatoms. The summed E-state index contributed by atoms with van der Waals surface area (Å²) in [4.78, 5) is 0.389. The van der Waals surface area contributed by atoms with E-state index in [2.05, 4.69) is 5.32 Å². The first-order valence-electron chi connectivity index (χ1n) is 9.41. The smallest absolute Gasteiger partial charge is 0.206 e. The lowest BCUT2D eigenvalue weighted by Gasteiger charge is -2.27. The Kier molecular flexibility index (Phi) is 4.47. The standard InChI is InChI=1S/C21H20ClNO4S/c22-14-2-1-3-15(10-14)28(24,25)16-4-5-17-18-6-8-23-20(13-7-9-26-12-13)21(18)27-19(17)11-16/h1-5,10-11,13,20,23H,6-9,12H2. The van der Waals surface area contributed by atoms with Crippen LogP contribution in [-0.4, -0.2) is 28.2 Å². The van der Waals surface area contributed by atoms with Gasteiger partial charge in [0.15, 0.2) is 0 Å². The number of sulfone groups is 1. The molecule has 28 heavy (non-hydrogen) atoms. The highest BCUT2D eigenvalue weighted by Crippen LogP contribution is 2.39. The number of furan rings is 1. The molecule has 0 spiro atoms. The summed E-state index contributed by atoms with van der Waals surface area (Å²) < 4.78 is 37.8. The maximum atomic E-state index is 13.0. The van der Waals surface area contributed by atoms with Crippen LogP contribution in [0.5, 0.6) is 0 Å². The minimum absolute atomic E-state index is 0.117. The van der Waals surface area contributed by atoms with E-state index in [0.717, 1.165) is 43.7 Å². The van der Waals surface area contributed by atoms with Crippen molar-refractivity contribution in [2.75, 3.05) is 19.8 Å². The minimum atomic E-state index is -3.66. The number of benzene rings is 2. The van der Waals surface area contributed by atoms with Crippen molar-refractivity contribution in [2.24, 2.45) is 5.92 Å². The largest absolute Gasteiger partial charge is 0.459 e. The number of hydrogen-bond acceptors (Lipinski definition) is 5. The van der Waals surface area contributed by atoms with Gasteiger partial charge in [0.25, 0.3) is 0 Å². The molecular formula is C21H20ClNO4S. The van der Waals surface area contributed by atoms with Crippen molar-refractivity contribution < 1.29 is 17.6 Å². The predicted molar refractivity (Wildman–Crippen MR) is 106 cm³/mol. The van der Waals surface area contributed by atoms with Crippen molar-refractivity contribution in [3.05, 3.63) is 58.8 Å². The van der Waals surface area contributed by atoms with E-state index in [4.69, 9.17) is 20.8 Å². The Balaban J connectivity index is 1.59. The van der Waals surface area contributed by atoms with E-state index < -0.39 is 9.84 Å². The Morgan fingerprint density at radius 2 is 1.96 bits per heavy atom. The lowest BCUT2D eigenvalue weighted by Crippen LogP contribution is -2.34. The van der Waals surface area contributed by atoms with Crippen molar-refractivity contribution in [1.82, 2.24) is 5.32 Å². The van der Waals surface area contributed by atoms with Crippen molar-refractivity contribution in [3.63, 3.8) is 0 Å². The molecule has 2 atom stereocenters. The summed E-state index contributed by atoms with van der Waals surface area (Å²) in [6.07, 6.45) is 1.87. The second-order valence-electron chi connectivity index (χ2n) is 7.37. The summed E-state index contributed by atoms with van der Waals surface area (Å²) in [6, 6.07) is 11.6. The molecule has 1 saturated heterocycles. The molecule has 0 radical (unpaired) electrons. The molecule has 2 aliphatic rings. The van der Waals surface area contributed by atoms with E-state index >= 15 is 0 Å². The number of rotatable bonds is 3. The summed E-state index contributed by atoms with van der Waals surface area (Å²) in [7, 11) is -3.66. The van der Waals surface area contributed by atoms with Gasteiger partial charge in [-0.2, -0.15) is 0 Å². The van der Waals surface area contributed by atoms with Crippen LogP contribution in [0, 0.1) is 5.92 Å². The fourth-order valence-corrected chi connectivity index (χ4v) is 5.81. The fraction of sp³-hybridized carbons (Fsp3) is 0.333. The molecule has 5 nitrogen and oxygen atoms in total. The zero-order valence-corrected chi connectivity index (χ0v) is 16.7. The summed E-state index contributed by atoms with van der Waals surface area (Å²) in [5.74, 6) is 1.31. The van der Waals surface area contributed by atoms with Gasteiger partial charge in [-0.05, 0) is 43.2 Å². The van der Waals surface area contributed by atoms with Crippen LogP contribution in [0.3, 0.4) is 0 Å². The number of nitrogens with one attached hydrogen (secondary N) is 1. The van der Waals surface area contributed by atoms with Crippen LogP contribution in [0.1, 0.15) is 23.8 Å². The lowest BCUT2D eigenvalue weighted by molar-refractivity contribution is 0.172. The maximum Gasteiger partial charge on any atom is 0.206 e. The van der Waals surface area contributed by atoms with E-state index in [0.29, 0.717) is 16.5 Å². The van der Waals surface area contributed by atoms with Gasteiger partial charge in [-0.3, -0.25) is 0 Å². The maximum absolute atomic E-state index is 13.0. The van der Waals surface area contributed by atoms with E-state index in [1.165, 1.54) is 11.6 Å². The van der Waals surface area contributed by atoms with Gasteiger partial charge >= 0.3 is 0 Å². The molecule has 2 aliphatic heterocycles. The quantitative estimate of drug-likeness (QED) is 0.693. The number of halogens is 1. The molecule has 1 fully saturated rings. The van der Waals surface area contributed by atoms with Crippen LogP contribution in [0.25, 0.3) is 11.0 Å². The number of ether oxygens (including phenoxy) is 1. The molecule has 1 aromatic heterocycles. The fourth-order valence-electron chi connectivity index (χ4n) is 4.24. The molecule has 0 amide bonds. The van der Waals surface area contributed by atoms with Gasteiger partial charge in [-0.1, -0.05) is 17.7 Å². The van der Waals surface area contributed by atoms with E-state index in [1.807, 2.05) is 6.07 Å². The highest BCUT2D eigenvalue weighted by Gasteiger charge is 2.34. The Bertz CT molecular complexity index is 1150. The number of fused-ring (bicyclic) bond motifs is 3. The first kappa shape index (κ1) is 18.2. The molecule has 3 heterocycles. The van der Waals surface area contributed by atoms with Gasteiger partial charge in [-0.15, -0.1) is 0 Å². The van der Waals surface area contributed by atoms with Gasteiger partial charge in [-0.25, -0.2) is 8.42 Å². The Morgan fingerprint density at radius 1 is 1.11 bits per heavy atom. The van der Waals surface area contributed by atoms with Gasteiger partial charge in [0.1, 0.15) is 11.3 Å². The average Bonchev–Trinajstić information content (AvgIpc) is 3.35. The SMILES string of the molecule is O=S(=O)(c1cccc(Cl)c1)c1ccc2c3c(oc2c1)C(C1CCOC1)NCC3. The van der Waals surface area contributed by atoms with Crippen LogP contribution in [0.15, 0.2) is 56.7 Å². The molecule has 146 valence electrons. The Labute approximate surface area is 168 Å². The van der Waals surface area contributed by atoms with E-state index in [-0.39, 0.29) is 15.8 Å². The predicted octanol–water partition coefficient (Wildman–Crippen LogP) is 4.14. The molecule has 5 rings (SSSR count). The highest BCUT2D eigenvalue weighted by atomic mass is 35.5. The summed E-state index contributed by atoms with van der Waals surface area (Å²) in [5, 5.41) is 4.93. The van der Waals surface area contributed by atoms with Crippen molar-refractivity contribution >= 4 is 32.4 Å². The van der Waals surface area contributed by atoms with Crippen LogP contribution in [0.2, 0.25) is 5.02 Å². The average molecular weight is 418 g/mol. The van der Waals surface area contributed by atoms with Crippen LogP contribution >= 0.6 is 11.6 Å². The van der Waals surface area contributed by atoms with Crippen molar-refractivity contribution in [3.8, 4) is 0 Å². The third-order valence-corrected chi connectivity index (χ3v) is 7.65. The van der Waals surface area contributed by atoms with Gasteiger partial charge in [0.05, 0.1) is 22.4 Å². The molecule has 0 bridgehead atoms. The molecule has 0 saturated carbocycles. The zero-order chi connectivity index (χ0) is 19.3. The molecule has 0 aliphatic carbocycles. The van der Waals surface area contributed by atoms with Crippen molar-refractivity contribution in [1.29, 1.82) is 0 Å². The number of hydrogen-bond donors (Lipinski definition) is 1.